The maximum absolute atomic E-state index is 12.2. The van der Waals surface area contributed by atoms with E-state index in [1.807, 2.05) is 44.2 Å². The number of hydrogen-bond acceptors (Lipinski definition) is 3. The minimum Gasteiger partial charge on any atom is -0.354 e. The number of amides is 2. The van der Waals surface area contributed by atoms with Gasteiger partial charge in [0.1, 0.15) is 0 Å². The first kappa shape index (κ1) is 16.5. The molecule has 5 heteroatoms. The average Bonchev–Trinajstić information content (AvgIpc) is 2.87. The van der Waals surface area contributed by atoms with Gasteiger partial charge >= 0.3 is 0 Å². The number of carbonyl (C=O) groups excluding carboxylic acids is 2. The Hall–Kier alpha value is -1.88. The van der Waals surface area contributed by atoms with Crippen LogP contribution in [0.15, 0.2) is 30.3 Å². The largest absolute Gasteiger partial charge is 0.354 e. The SMILES string of the molecule is CCN[C@H](C)CNC(=O)C1CC(=O)N(Cc2ccccc2)C1. The van der Waals surface area contributed by atoms with Crippen molar-refractivity contribution >= 4 is 11.8 Å². The third-order valence-electron chi connectivity index (χ3n) is 3.94. The second-order valence-corrected chi connectivity index (χ2v) is 5.86. The van der Waals surface area contributed by atoms with E-state index < -0.39 is 0 Å². The number of nitrogens with one attached hydrogen (secondary N) is 2. The molecule has 2 rings (SSSR count). The first-order valence-electron chi connectivity index (χ1n) is 7.93. The topological polar surface area (TPSA) is 61.4 Å². The highest BCUT2D eigenvalue weighted by Gasteiger charge is 2.34. The fraction of sp³-hybridized carbons (Fsp3) is 0.529. The van der Waals surface area contributed by atoms with Gasteiger partial charge in [-0.3, -0.25) is 9.59 Å². The number of carbonyl (C=O) groups is 2. The standard InChI is InChI=1S/C17H25N3O2/c1-3-18-13(2)10-19-17(22)15-9-16(21)20(12-15)11-14-7-5-4-6-8-14/h4-8,13,15,18H,3,9-12H2,1-2H3,(H,19,22)/t13-,15?/m1/s1. The van der Waals surface area contributed by atoms with Crippen LogP contribution in [-0.2, 0) is 16.1 Å². The van der Waals surface area contributed by atoms with E-state index in [4.69, 9.17) is 0 Å². The smallest absolute Gasteiger partial charge is 0.225 e. The lowest BCUT2D eigenvalue weighted by molar-refractivity contribution is -0.129. The monoisotopic (exact) mass is 303 g/mol. The quantitative estimate of drug-likeness (QED) is 0.794. The van der Waals surface area contributed by atoms with Gasteiger partial charge in [-0.05, 0) is 19.0 Å². The van der Waals surface area contributed by atoms with E-state index in [0.29, 0.717) is 26.1 Å². The summed E-state index contributed by atoms with van der Waals surface area (Å²) in [6.07, 6.45) is 0.314. The molecule has 1 saturated heterocycles. The molecule has 2 N–H and O–H groups in total. The van der Waals surface area contributed by atoms with Gasteiger partial charge in [-0.1, -0.05) is 37.3 Å². The Labute approximate surface area is 132 Å². The van der Waals surface area contributed by atoms with Gasteiger partial charge in [-0.25, -0.2) is 0 Å². The van der Waals surface area contributed by atoms with Crippen LogP contribution in [0.2, 0.25) is 0 Å². The minimum absolute atomic E-state index is 0.0198. The van der Waals surface area contributed by atoms with Crippen molar-refractivity contribution in [1.29, 1.82) is 0 Å². The molecule has 1 aliphatic rings. The number of nitrogens with zero attached hydrogens (tertiary/aromatic N) is 1. The van der Waals surface area contributed by atoms with Crippen LogP contribution in [0.1, 0.15) is 25.8 Å². The Morgan fingerprint density at radius 2 is 2.09 bits per heavy atom. The molecule has 2 amide bonds. The zero-order valence-electron chi connectivity index (χ0n) is 13.3. The van der Waals surface area contributed by atoms with Gasteiger partial charge in [0, 0.05) is 32.1 Å². The molecule has 0 bridgehead atoms. The van der Waals surface area contributed by atoms with Crippen molar-refractivity contribution in [3.8, 4) is 0 Å². The first-order chi connectivity index (χ1) is 10.6. The van der Waals surface area contributed by atoms with Crippen LogP contribution in [-0.4, -0.2) is 42.4 Å². The molecule has 1 aromatic rings. The summed E-state index contributed by atoms with van der Waals surface area (Å²) in [5, 5.41) is 6.18. The Bertz CT molecular complexity index is 504. The maximum Gasteiger partial charge on any atom is 0.225 e. The van der Waals surface area contributed by atoms with Crippen molar-refractivity contribution in [3.05, 3.63) is 35.9 Å². The van der Waals surface area contributed by atoms with Crippen molar-refractivity contribution < 1.29 is 9.59 Å². The Morgan fingerprint density at radius 1 is 1.36 bits per heavy atom. The van der Waals surface area contributed by atoms with Gasteiger partial charge in [0.05, 0.1) is 5.92 Å². The van der Waals surface area contributed by atoms with E-state index in [2.05, 4.69) is 10.6 Å². The third-order valence-corrected chi connectivity index (χ3v) is 3.94. The van der Waals surface area contributed by atoms with Gasteiger partial charge in [0.2, 0.25) is 11.8 Å². The van der Waals surface area contributed by atoms with Crippen LogP contribution in [0.3, 0.4) is 0 Å². The number of rotatable bonds is 7. The van der Waals surface area contributed by atoms with Crippen molar-refractivity contribution in [2.75, 3.05) is 19.6 Å². The zero-order valence-corrected chi connectivity index (χ0v) is 13.3. The molecule has 22 heavy (non-hydrogen) atoms. The van der Waals surface area contributed by atoms with Crippen molar-refractivity contribution in [3.63, 3.8) is 0 Å². The first-order valence-corrected chi connectivity index (χ1v) is 7.93. The van der Waals surface area contributed by atoms with E-state index in [1.165, 1.54) is 0 Å². The number of likely N-dealkylation sites (tertiary alicyclic amines) is 1. The van der Waals surface area contributed by atoms with E-state index in [1.54, 1.807) is 4.90 Å². The van der Waals surface area contributed by atoms with Crippen LogP contribution < -0.4 is 10.6 Å². The number of likely N-dealkylation sites (N-methyl/N-ethyl adjacent to an activating group) is 1. The lowest BCUT2D eigenvalue weighted by atomic mass is 10.1. The Morgan fingerprint density at radius 3 is 2.77 bits per heavy atom. The van der Waals surface area contributed by atoms with Gasteiger partial charge < -0.3 is 15.5 Å². The summed E-state index contributed by atoms with van der Waals surface area (Å²) in [5.74, 6) is -0.192. The molecule has 0 spiro atoms. The van der Waals surface area contributed by atoms with Crippen LogP contribution in [0, 0.1) is 5.92 Å². The summed E-state index contributed by atoms with van der Waals surface area (Å²) in [7, 11) is 0. The Kier molecular flexibility index (Phi) is 5.95. The molecule has 1 heterocycles. The van der Waals surface area contributed by atoms with Crippen molar-refractivity contribution in [2.24, 2.45) is 5.92 Å². The minimum atomic E-state index is -0.231. The summed E-state index contributed by atoms with van der Waals surface area (Å²) in [5.41, 5.74) is 1.10. The van der Waals surface area contributed by atoms with Gasteiger partial charge in [0.25, 0.3) is 0 Å². The van der Waals surface area contributed by atoms with Crippen molar-refractivity contribution in [2.45, 2.75) is 32.9 Å². The molecule has 2 atom stereocenters. The number of benzene rings is 1. The Balaban J connectivity index is 1.82. The van der Waals surface area contributed by atoms with Crippen LogP contribution in [0.4, 0.5) is 0 Å². The highest BCUT2D eigenvalue weighted by Crippen LogP contribution is 2.20. The summed E-state index contributed by atoms with van der Waals surface area (Å²) in [6.45, 7) is 6.63. The predicted octanol–water partition coefficient (Wildman–Crippen LogP) is 1.15. The van der Waals surface area contributed by atoms with E-state index >= 15 is 0 Å². The zero-order chi connectivity index (χ0) is 15.9. The second kappa shape index (κ2) is 7.94. The van der Waals surface area contributed by atoms with E-state index in [0.717, 1.165) is 12.1 Å². The average molecular weight is 303 g/mol. The lowest BCUT2D eigenvalue weighted by Gasteiger charge is -2.17. The molecule has 1 fully saturated rings. The van der Waals surface area contributed by atoms with E-state index in [-0.39, 0.29) is 23.8 Å². The molecular formula is C17H25N3O2. The summed E-state index contributed by atoms with van der Waals surface area (Å²) < 4.78 is 0. The highest BCUT2D eigenvalue weighted by molar-refractivity contribution is 5.89. The normalized spacial score (nSPS) is 19.3. The molecule has 0 radical (unpaired) electrons. The van der Waals surface area contributed by atoms with Crippen LogP contribution in [0.25, 0.3) is 0 Å². The molecule has 1 aromatic carbocycles. The highest BCUT2D eigenvalue weighted by atomic mass is 16.2. The molecule has 0 saturated carbocycles. The maximum atomic E-state index is 12.2. The van der Waals surface area contributed by atoms with Gasteiger partial charge in [-0.2, -0.15) is 0 Å². The molecular weight excluding hydrogens is 278 g/mol. The second-order valence-electron chi connectivity index (χ2n) is 5.86. The summed E-state index contributed by atoms with van der Waals surface area (Å²) in [6, 6.07) is 10.1. The van der Waals surface area contributed by atoms with Crippen LogP contribution >= 0.6 is 0 Å². The van der Waals surface area contributed by atoms with Crippen molar-refractivity contribution in [1.82, 2.24) is 15.5 Å². The molecule has 0 aromatic heterocycles. The summed E-state index contributed by atoms with van der Waals surface area (Å²) >= 11 is 0. The third kappa shape index (κ3) is 4.56. The number of hydrogen-bond donors (Lipinski definition) is 2. The van der Waals surface area contributed by atoms with E-state index in [9.17, 15) is 9.59 Å². The van der Waals surface area contributed by atoms with Crippen LogP contribution in [0.5, 0.6) is 0 Å². The summed E-state index contributed by atoms with van der Waals surface area (Å²) in [4.78, 5) is 26.0. The molecule has 120 valence electrons. The molecule has 1 unspecified atom stereocenters. The van der Waals surface area contributed by atoms with Gasteiger partial charge in [-0.15, -0.1) is 0 Å². The lowest BCUT2D eigenvalue weighted by Crippen LogP contribution is -2.41. The molecule has 5 nitrogen and oxygen atoms in total. The fourth-order valence-corrected chi connectivity index (χ4v) is 2.72. The van der Waals surface area contributed by atoms with Gasteiger partial charge in [0.15, 0.2) is 0 Å². The fourth-order valence-electron chi connectivity index (χ4n) is 2.72. The molecule has 1 aliphatic heterocycles. The predicted molar refractivity (Wildman–Crippen MR) is 86.1 cm³/mol. The molecule has 0 aliphatic carbocycles.